The zero-order valence-electron chi connectivity index (χ0n) is 13.0. The third kappa shape index (κ3) is 4.19. The molecule has 1 saturated heterocycles. The Bertz CT molecular complexity index is 254. The van der Waals surface area contributed by atoms with Crippen LogP contribution in [0.1, 0.15) is 71.6 Å². The molecule has 1 saturated carbocycles. The second-order valence-electron chi connectivity index (χ2n) is 6.85. The maximum Gasteiger partial charge on any atom is 0.0580 e. The molecule has 0 amide bonds. The van der Waals surface area contributed by atoms with Gasteiger partial charge >= 0.3 is 0 Å². The zero-order chi connectivity index (χ0) is 13.7. The van der Waals surface area contributed by atoms with Crippen LogP contribution in [0.2, 0.25) is 0 Å². The molecule has 1 heterocycles. The summed E-state index contributed by atoms with van der Waals surface area (Å²) in [7, 11) is 0. The Balaban J connectivity index is 1.89. The van der Waals surface area contributed by atoms with Gasteiger partial charge in [0.2, 0.25) is 0 Å². The van der Waals surface area contributed by atoms with Crippen LogP contribution in [0.25, 0.3) is 0 Å². The lowest BCUT2D eigenvalue weighted by Crippen LogP contribution is -2.45. The number of hydrogen-bond donors (Lipinski definition) is 1. The van der Waals surface area contributed by atoms with Gasteiger partial charge in [-0.1, -0.05) is 33.1 Å². The minimum absolute atomic E-state index is 0.0352. The van der Waals surface area contributed by atoms with Crippen LogP contribution < -0.4 is 0 Å². The van der Waals surface area contributed by atoms with Gasteiger partial charge in [-0.05, 0) is 56.9 Å². The minimum Gasteiger partial charge on any atom is -0.393 e. The molecule has 0 radical (unpaired) electrons. The van der Waals surface area contributed by atoms with Gasteiger partial charge in [-0.3, -0.25) is 0 Å². The molecule has 2 fully saturated rings. The van der Waals surface area contributed by atoms with E-state index in [9.17, 15) is 5.11 Å². The quantitative estimate of drug-likeness (QED) is 0.818. The highest BCUT2D eigenvalue weighted by Gasteiger charge is 2.32. The summed E-state index contributed by atoms with van der Waals surface area (Å²) >= 11 is 0. The summed E-state index contributed by atoms with van der Waals surface area (Å²) in [4.78, 5) is 2.71. The number of hydrogen-bond acceptors (Lipinski definition) is 2. The van der Waals surface area contributed by atoms with E-state index in [0.29, 0.717) is 5.92 Å². The van der Waals surface area contributed by atoms with Crippen molar-refractivity contribution in [2.45, 2.75) is 83.8 Å². The maximum absolute atomic E-state index is 10.3. The molecule has 2 rings (SSSR count). The van der Waals surface area contributed by atoms with Crippen LogP contribution in [0, 0.1) is 11.8 Å². The fraction of sp³-hybridized carbons (Fsp3) is 1.00. The monoisotopic (exact) mass is 267 g/mol. The molecule has 1 aliphatic carbocycles. The van der Waals surface area contributed by atoms with Gasteiger partial charge in [-0.15, -0.1) is 0 Å². The number of aliphatic hydroxyl groups excluding tert-OH is 1. The Morgan fingerprint density at radius 1 is 1.11 bits per heavy atom. The molecule has 0 bridgehead atoms. The smallest absolute Gasteiger partial charge is 0.0580 e. The number of rotatable bonds is 5. The van der Waals surface area contributed by atoms with Crippen molar-refractivity contribution < 1.29 is 5.11 Å². The molecule has 2 heteroatoms. The molecule has 4 atom stereocenters. The number of piperidine rings is 1. The number of likely N-dealkylation sites (tertiary alicyclic amines) is 1. The SMILES string of the molecule is CCCC1CCCCN1CC1CC(CC)CCC1O. The second kappa shape index (κ2) is 7.64. The van der Waals surface area contributed by atoms with Crippen LogP contribution >= 0.6 is 0 Å². The van der Waals surface area contributed by atoms with Gasteiger partial charge in [0.15, 0.2) is 0 Å². The minimum atomic E-state index is -0.0352. The third-order valence-corrected chi connectivity index (χ3v) is 5.47. The molecule has 2 nitrogen and oxygen atoms in total. The van der Waals surface area contributed by atoms with Crippen LogP contribution in [0.5, 0.6) is 0 Å². The summed E-state index contributed by atoms with van der Waals surface area (Å²) in [6, 6.07) is 0.799. The largest absolute Gasteiger partial charge is 0.393 e. The number of aliphatic hydroxyl groups is 1. The Kier molecular flexibility index (Phi) is 6.15. The molecule has 4 unspecified atom stereocenters. The van der Waals surface area contributed by atoms with Gasteiger partial charge in [0.05, 0.1) is 6.10 Å². The summed E-state index contributed by atoms with van der Waals surface area (Å²) in [6.07, 6.45) is 11.6. The molecule has 0 spiro atoms. The lowest BCUT2D eigenvalue weighted by molar-refractivity contribution is 0.0101. The van der Waals surface area contributed by atoms with Gasteiger partial charge in [-0.25, -0.2) is 0 Å². The van der Waals surface area contributed by atoms with E-state index in [-0.39, 0.29) is 6.10 Å². The molecule has 0 aromatic carbocycles. The molecule has 0 aromatic rings. The van der Waals surface area contributed by atoms with Crippen molar-refractivity contribution in [1.29, 1.82) is 0 Å². The van der Waals surface area contributed by atoms with E-state index in [0.717, 1.165) is 24.9 Å². The second-order valence-corrected chi connectivity index (χ2v) is 6.85. The van der Waals surface area contributed by atoms with Crippen molar-refractivity contribution in [2.75, 3.05) is 13.1 Å². The van der Waals surface area contributed by atoms with Gasteiger partial charge in [0.25, 0.3) is 0 Å². The van der Waals surface area contributed by atoms with Crippen LogP contribution in [0.15, 0.2) is 0 Å². The van der Waals surface area contributed by atoms with E-state index < -0.39 is 0 Å². The van der Waals surface area contributed by atoms with Gasteiger partial charge in [0, 0.05) is 12.6 Å². The van der Waals surface area contributed by atoms with Crippen LogP contribution in [0.4, 0.5) is 0 Å². The van der Waals surface area contributed by atoms with Gasteiger partial charge in [-0.2, -0.15) is 0 Å². The van der Waals surface area contributed by atoms with Crippen molar-refractivity contribution in [3.8, 4) is 0 Å². The van der Waals surface area contributed by atoms with Crippen molar-refractivity contribution in [3.05, 3.63) is 0 Å². The van der Waals surface area contributed by atoms with Crippen LogP contribution in [0.3, 0.4) is 0 Å². The topological polar surface area (TPSA) is 23.5 Å². The third-order valence-electron chi connectivity index (χ3n) is 5.47. The predicted octanol–water partition coefficient (Wildman–Crippen LogP) is 3.83. The lowest BCUT2D eigenvalue weighted by atomic mass is 9.77. The van der Waals surface area contributed by atoms with E-state index in [1.54, 1.807) is 0 Å². The summed E-state index contributed by atoms with van der Waals surface area (Å²) in [6.45, 7) is 7.03. The molecule has 112 valence electrons. The fourth-order valence-corrected chi connectivity index (χ4v) is 4.17. The summed E-state index contributed by atoms with van der Waals surface area (Å²) in [5.74, 6) is 1.40. The first kappa shape index (κ1) is 15.3. The van der Waals surface area contributed by atoms with Crippen molar-refractivity contribution in [2.24, 2.45) is 11.8 Å². The van der Waals surface area contributed by atoms with E-state index in [1.807, 2.05) is 0 Å². The highest BCUT2D eigenvalue weighted by Crippen LogP contribution is 2.33. The van der Waals surface area contributed by atoms with E-state index in [4.69, 9.17) is 0 Å². The first-order valence-electron chi connectivity index (χ1n) is 8.66. The van der Waals surface area contributed by atoms with Gasteiger partial charge < -0.3 is 10.0 Å². The van der Waals surface area contributed by atoms with Crippen molar-refractivity contribution >= 4 is 0 Å². The number of nitrogens with zero attached hydrogens (tertiary/aromatic N) is 1. The summed E-state index contributed by atoms with van der Waals surface area (Å²) in [5, 5.41) is 10.3. The first-order chi connectivity index (χ1) is 9.24. The standard InChI is InChI=1S/C17H33NO/c1-3-7-16-8-5-6-11-18(16)13-15-12-14(4-2)9-10-17(15)19/h14-17,19H,3-13H2,1-2H3. The van der Waals surface area contributed by atoms with Crippen LogP contribution in [-0.2, 0) is 0 Å². The molecule has 2 aliphatic rings. The highest BCUT2D eigenvalue weighted by atomic mass is 16.3. The van der Waals surface area contributed by atoms with E-state index in [1.165, 1.54) is 57.9 Å². The lowest BCUT2D eigenvalue weighted by Gasteiger charge is -2.41. The Morgan fingerprint density at radius 3 is 2.68 bits per heavy atom. The predicted molar refractivity (Wildman–Crippen MR) is 81.2 cm³/mol. The van der Waals surface area contributed by atoms with Crippen molar-refractivity contribution in [1.82, 2.24) is 4.90 Å². The van der Waals surface area contributed by atoms with Gasteiger partial charge in [0.1, 0.15) is 0 Å². The fourth-order valence-electron chi connectivity index (χ4n) is 4.17. The van der Waals surface area contributed by atoms with Crippen LogP contribution in [-0.4, -0.2) is 35.2 Å². The molecule has 1 aliphatic heterocycles. The Labute approximate surface area is 119 Å². The Hall–Kier alpha value is -0.0800. The Morgan fingerprint density at radius 2 is 1.95 bits per heavy atom. The van der Waals surface area contributed by atoms with E-state index in [2.05, 4.69) is 18.7 Å². The average molecular weight is 267 g/mol. The molecule has 1 N–H and O–H groups in total. The first-order valence-corrected chi connectivity index (χ1v) is 8.66. The van der Waals surface area contributed by atoms with Crippen molar-refractivity contribution in [3.63, 3.8) is 0 Å². The molecular weight excluding hydrogens is 234 g/mol. The summed E-state index contributed by atoms with van der Waals surface area (Å²) < 4.78 is 0. The highest BCUT2D eigenvalue weighted by molar-refractivity contribution is 4.85. The normalized spacial score (nSPS) is 37.4. The van der Waals surface area contributed by atoms with E-state index >= 15 is 0 Å². The maximum atomic E-state index is 10.3. The zero-order valence-corrected chi connectivity index (χ0v) is 13.0. The summed E-state index contributed by atoms with van der Waals surface area (Å²) in [5.41, 5.74) is 0. The molecule has 19 heavy (non-hydrogen) atoms. The molecule has 0 aromatic heterocycles. The average Bonchev–Trinajstić information content (AvgIpc) is 2.43. The molecular formula is C17H33NO.